The molecular weight excluding hydrogens is 261 g/mol. The maximum absolute atomic E-state index is 13.3. The van der Waals surface area contributed by atoms with E-state index in [1.54, 1.807) is 31.2 Å². The van der Waals surface area contributed by atoms with Gasteiger partial charge in [0.25, 0.3) is 0 Å². The molecule has 0 aliphatic heterocycles. The molecule has 1 aromatic heterocycles. The van der Waals surface area contributed by atoms with Gasteiger partial charge in [-0.05, 0) is 13.0 Å². The van der Waals surface area contributed by atoms with E-state index >= 15 is 0 Å². The first-order valence-corrected chi connectivity index (χ1v) is 6.32. The Balaban J connectivity index is 1.68. The van der Waals surface area contributed by atoms with Crippen LogP contribution in [0, 0.1) is 12.7 Å². The van der Waals surface area contributed by atoms with Crippen molar-refractivity contribution < 1.29 is 13.7 Å². The molecule has 2 aromatic rings. The molecule has 0 bridgehead atoms. The lowest BCUT2D eigenvalue weighted by Crippen LogP contribution is -2.22. The number of anilines is 1. The second kappa shape index (κ2) is 6.81. The van der Waals surface area contributed by atoms with Crippen molar-refractivity contribution in [1.29, 1.82) is 0 Å². The number of aromatic nitrogens is 1. The van der Waals surface area contributed by atoms with E-state index in [0.717, 1.165) is 0 Å². The van der Waals surface area contributed by atoms with Gasteiger partial charge in [-0.2, -0.15) is 0 Å². The first kappa shape index (κ1) is 14.2. The number of nitrogens with zero attached hydrogens (tertiary/aromatic N) is 1. The highest BCUT2D eigenvalue weighted by atomic mass is 19.1. The summed E-state index contributed by atoms with van der Waals surface area (Å²) in [5, 5.41) is 9.30. The average Bonchev–Trinajstić information content (AvgIpc) is 2.82. The third kappa shape index (κ3) is 4.17. The number of hydrogen-bond donors (Lipinski definition) is 2. The summed E-state index contributed by atoms with van der Waals surface area (Å²) in [6, 6.07) is 8.19. The molecule has 0 saturated carbocycles. The molecule has 106 valence electrons. The van der Waals surface area contributed by atoms with Crippen molar-refractivity contribution in [2.24, 2.45) is 0 Å². The first-order valence-electron chi connectivity index (χ1n) is 6.32. The van der Waals surface area contributed by atoms with Gasteiger partial charge in [0, 0.05) is 31.1 Å². The van der Waals surface area contributed by atoms with Crippen molar-refractivity contribution in [2.45, 2.75) is 19.9 Å². The molecule has 0 aliphatic carbocycles. The fourth-order valence-corrected chi connectivity index (χ4v) is 1.70. The van der Waals surface area contributed by atoms with Gasteiger partial charge in [0.1, 0.15) is 11.6 Å². The van der Waals surface area contributed by atoms with E-state index in [4.69, 9.17) is 4.52 Å². The number of halogens is 1. The lowest BCUT2D eigenvalue weighted by molar-refractivity contribution is -0.116. The maximum Gasteiger partial charge on any atom is 0.226 e. The molecule has 0 saturated heterocycles. The Morgan fingerprint density at radius 2 is 2.20 bits per heavy atom. The highest BCUT2D eigenvalue weighted by Gasteiger charge is 2.06. The Kier molecular flexibility index (Phi) is 4.84. The van der Waals surface area contributed by atoms with Crippen LogP contribution >= 0.6 is 0 Å². The lowest BCUT2D eigenvalue weighted by Gasteiger charge is -2.05. The fourth-order valence-electron chi connectivity index (χ4n) is 1.70. The van der Waals surface area contributed by atoms with Crippen molar-refractivity contribution in [3.05, 3.63) is 47.5 Å². The Bertz CT molecular complexity index is 583. The van der Waals surface area contributed by atoms with Gasteiger partial charge >= 0.3 is 0 Å². The van der Waals surface area contributed by atoms with E-state index in [-0.39, 0.29) is 18.1 Å². The van der Waals surface area contributed by atoms with Gasteiger partial charge in [-0.1, -0.05) is 23.4 Å². The quantitative estimate of drug-likeness (QED) is 0.795. The molecular formula is C14H16FN3O2. The van der Waals surface area contributed by atoms with Crippen LogP contribution < -0.4 is 10.6 Å². The number of amides is 1. The highest BCUT2D eigenvalue weighted by Crippen LogP contribution is 2.07. The molecule has 5 nitrogen and oxygen atoms in total. The number of benzene rings is 1. The summed E-state index contributed by atoms with van der Waals surface area (Å²) < 4.78 is 18.2. The predicted octanol–water partition coefficient (Wildman–Crippen LogP) is 2.24. The standard InChI is InChI=1S/C14H16FN3O2/c1-10-8-13(18-20-10)17-14(19)6-7-16-9-11-4-2-3-5-12(11)15/h2-5,8,16H,6-7,9H2,1H3,(H,17,18,19). The van der Waals surface area contributed by atoms with Crippen LogP contribution in [0.25, 0.3) is 0 Å². The van der Waals surface area contributed by atoms with Gasteiger partial charge in [-0.15, -0.1) is 0 Å². The third-order valence-corrected chi connectivity index (χ3v) is 2.70. The van der Waals surface area contributed by atoms with Crippen molar-refractivity contribution in [2.75, 3.05) is 11.9 Å². The van der Waals surface area contributed by atoms with Crippen LogP contribution in [0.15, 0.2) is 34.9 Å². The largest absolute Gasteiger partial charge is 0.360 e. The molecule has 0 unspecified atom stereocenters. The summed E-state index contributed by atoms with van der Waals surface area (Å²) in [5.74, 6) is 0.626. The zero-order valence-electron chi connectivity index (χ0n) is 11.1. The van der Waals surface area contributed by atoms with E-state index in [1.165, 1.54) is 6.07 Å². The van der Waals surface area contributed by atoms with Crippen LogP contribution in [-0.2, 0) is 11.3 Å². The normalized spacial score (nSPS) is 10.5. The Morgan fingerprint density at radius 3 is 2.90 bits per heavy atom. The Hall–Kier alpha value is -2.21. The van der Waals surface area contributed by atoms with Gasteiger partial charge in [0.2, 0.25) is 5.91 Å². The minimum atomic E-state index is -0.248. The first-order chi connectivity index (χ1) is 9.65. The van der Waals surface area contributed by atoms with Crippen molar-refractivity contribution in [1.82, 2.24) is 10.5 Å². The molecule has 0 atom stereocenters. The fraction of sp³-hybridized carbons (Fsp3) is 0.286. The SMILES string of the molecule is Cc1cc(NC(=O)CCNCc2ccccc2F)no1. The minimum Gasteiger partial charge on any atom is -0.360 e. The van der Waals surface area contributed by atoms with Crippen LogP contribution in [0.3, 0.4) is 0 Å². The summed E-state index contributed by atoms with van der Waals surface area (Å²) >= 11 is 0. The number of rotatable bonds is 6. The van der Waals surface area contributed by atoms with Gasteiger partial charge in [0.05, 0.1) is 0 Å². The summed E-state index contributed by atoms with van der Waals surface area (Å²) in [4.78, 5) is 11.6. The van der Waals surface area contributed by atoms with Crippen LogP contribution in [0.2, 0.25) is 0 Å². The van der Waals surface area contributed by atoms with E-state index < -0.39 is 0 Å². The molecule has 0 radical (unpaired) electrons. The topological polar surface area (TPSA) is 67.2 Å². The molecule has 1 amide bonds. The summed E-state index contributed by atoms with van der Waals surface area (Å²) in [5.41, 5.74) is 0.583. The predicted molar refractivity (Wildman–Crippen MR) is 72.6 cm³/mol. The van der Waals surface area contributed by atoms with Gasteiger partial charge in [0.15, 0.2) is 5.82 Å². The number of carbonyl (C=O) groups excluding carboxylic acids is 1. The highest BCUT2D eigenvalue weighted by molar-refractivity contribution is 5.89. The number of carbonyl (C=O) groups is 1. The van der Waals surface area contributed by atoms with Crippen LogP contribution in [0.5, 0.6) is 0 Å². The molecule has 20 heavy (non-hydrogen) atoms. The molecule has 0 aliphatic rings. The molecule has 2 N–H and O–H groups in total. The Labute approximate surface area is 116 Å². The van der Waals surface area contributed by atoms with Gasteiger partial charge < -0.3 is 15.2 Å². The molecule has 0 fully saturated rings. The van der Waals surface area contributed by atoms with E-state index in [9.17, 15) is 9.18 Å². The second-order valence-electron chi connectivity index (χ2n) is 4.39. The molecule has 6 heteroatoms. The van der Waals surface area contributed by atoms with Gasteiger partial charge in [-0.25, -0.2) is 4.39 Å². The molecule has 0 spiro atoms. The van der Waals surface area contributed by atoms with E-state index in [1.807, 2.05) is 0 Å². The monoisotopic (exact) mass is 277 g/mol. The Morgan fingerprint density at radius 1 is 1.40 bits per heavy atom. The van der Waals surface area contributed by atoms with E-state index in [2.05, 4.69) is 15.8 Å². The minimum absolute atomic E-state index is 0.167. The third-order valence-electron chi connectivity index (χ3n) is 2.70. The lowest BCUT2D eigenvalue weighted by atomic mass is 10.2. The van der Waals surface area contributed by atoms with Crippen LogP contribution in [0.4, 0.5) is 10.2 Å². The van der Waals surface area contributed by atoms with Crippen molar-refractivity contribution in [3.63, 3.8) is 0 Å². The van der Waals surface area contributed by atoms with Gasteiger partial charge in [-0.3, -0.25) is 4.79 Å². The molecule has 1 heterocycles. The smallest absolute Gasteiger partial charge is 0.226 e. The molecule has 2 rings (SSSR count). The zero-order valence-corrected chi connectivity index (χ0v) is 11.1. The summed E-state index contributed by atoms with van der Waals surface area (Å²) in [6.07, 6.45) is 0.278. The summed E-state index contributed by atoms with van der Waals surface area (Å²) in [7, 11) is 0. The number of aryl methyl sites for hydroxylation is 1. The van der Waals surface area contributed by atoms with E-state index in [0.29, 0.717) is 30.2 Å². The number of hydrogen-bond acceptors (Lipinski definition) is 4. The zero-order chi connectivity index (χ0) is 14.4. The van der Waals surface area contributed by atoms with Crippen LogP contribution in [-0.4, -0.2) is 17.6 Å². The number of nitrogens with one attached hydrogen (secondary N) is 2. The van der Waals surface area contributed by atoms with Crippen molar-refractivity contribution in [3.8, 4) is 0 Å². The molecule has 1 aromatic carbocycles. The van der Waals surface area contributed by atoms with Crippen LogP contribution in [0.1, 0.15) is 17.7 Å². The summed E-state index contributed by atoms with van der Waals surface area (Å²) in [6.45, 7) is 2.60. The van der Waals surface area contributed by atoms with Crippen molar-refractivity contribution >= 4 is 11.7 Å². The average molecular weight is 277 g/mol. The maximum atomic E-state index is 13.3. The second-order valence-corrected chi connectivity index (χ2v) is 4.39.